The highest BCUT2D eigenvalue weighted by Gasteiger charge is 2.27. The van der Waals surface area contributed by atoms with Crippen molar-refractivity contribution in [2.24, 2.45) is 13.0 Å². The highest BCUT2D eigenvalue weighted by atomic mass is 16.2. The molecule has 170 valence electrons. The average Bonchev–Trinajstić information content (AvgIpc) is 3.38. The van der Waals surface area contributed by atoms with E-state index in [1.807, 2.05) is 18.0 Å². The van der Waals surface area contributed by atoms with Gasteiger partial charge < -0.3 is 14.8 Å². The first-order valence-corrected chi connectivity index (χ1v) is 11.6. The molecule has 3 heterocycles. The average molecular weight is 436 g/mol. The number of amides is 2. The number of aromatic nitrogens is 3. The Kier molecular flexibility index (Phi) is 6.63. The van der Waals surface area contributed by atoms with Crippen LogP contribution in [0, 0.1) is 12.8 Å². The van der Waals surface area contributed by atoms with Gasteiger partial charge in [0.05, 0.1) is 0 Å². The summed E-state index contributed by atoms with van der Waals surface area (Å²) in [5.74, 6) is 0.228. The van der Waals surface area contributed by atoms with Gasteiger partial charge in [-0.25, -0.2) is 0 Å². The summed E-state index contributed by atoms with van der Waals surface area (Å²) >= 11 is 0. The molecule has 1 aromatic carbocycles. The Bertz CT molecular complexity index is 1110. The molecule has 1 aliphatic rings. The van der Waals surface area contributed by atoms with E-state index in [0.717, 1.165) is 32.4 Å². The lowest BCUT2D eigenvalue weighted by molar-refractivity contribution is -0.122. The van der Waals surface area contributed by atoms with E-state index in [1.165, 1.54) is 22.2 Å². The zero-order valence-electron chi connectivity index (χ0n) is 19.3. The van der Waals surface area contributed by atoms with Gasteiger partial charge in [0.2, 0.25) is 5.91 Å². The maximum Gasteiger partial charge on any atom is 0.274 e. The number of benzene rings is 1. The number of hydrogen-bond acceptors (Lipinski definition) is 3. The number of para-hydroxylation sites is 1. The Morgan fingerprint density at radius 2 is 2.03 bits per heavy atom. The number of aryl methyl sites for hydroxylation is 2. The van der Waals surface area contributed by atoms with Crippen LogP contribution in [-0.2, 0) is 24.8 Å². The number of fused-ring (bicyclic) bond motifs is 1. The summed E-state index contributed by atoms with van der Waals surface area (Å²) in [7, 11) is 2.09. The summed E-state index contributed by atoms with van der Waals surface area (Å²) in [6.45, 7) is 6.85. The van der Waals surface area contributed by atoms with Crippen LogP contribution in [0.25, 0.3) is 10.9 Å². The molecule has 0 aliphatic carbocycles. The minimum Gasteiger partial charge on any atom is -0.356 e. The molecule has 1 saturated heterocycles. The smallest absolute Gasteiger partial charge is 0.274 e. The molecule has 2 aromatic heterocycles. The van der Waals surface area contributed by atoms with Crippen molar-refractivity contribution in [3.8, 4) is 0 Å². The van der Waals surface area contributed by atoms with E-state index >= 15 is 0 Å². The van der Waals surface area contributed by atoms with E-state index in [2.05, 4.69) is 53.2 Å². The van der Waals surface area contributed by atoms with E-state index in [1.54, 1.807) is 10.7 Å². The van der Waals surface area contributed by atoms with Crippen molar-refractivity contribution in [2.75, 3.05) is 19.6 Å². The van der Waals surface area contributed by atoms with Gasteiger partial charge in [-0.1, -0.05) is 18.2 Å². The zero-order valence-corrected chi connectivity index (χ0v) is 19.3. The Balaban J connectivity index is 1.29. The lowest BCUT2D eigenvalue weighted by Gasteiger charge is -2.32. The Hall–Kier alpha value is -3.09. The van der Waals surface area contributed by atoms with Crippen molar-refractivity contribution in [1.29, 1.82) is 0 Å². The van der Waals surface area contributed by atoms with Gasteiger partial charge >= 0.3 is 0 Å². The van der Waals surface area contributed by atoms with Crippen LogP contribution in [0.15, 0.2) is 36.5 Å². The summed E-state index contributed by atoms with van der Waals surface area (Å²) in [6.07, 6.45) is 5.01. The third-order valence-corrected chi connectivity index (χ3v) is 6.69. The van der Waals surface area contributed by atoms with Gasteiger partial charge in [-0.05, 0) is 56.7 Å². The van der Waals surface area contributed by atoms with E-state index in [-0.39, 0.29) is 17.7 Å². The largest absolute Gasteiger partial charge is 0.356 e. The number of hydrogen-bond donors (Lipinski definition) is 1. The van der Waals surface area contributed by atoms with Crippen molar-refractivity contribution in [3.63, 3.8) is 0 Å². The van der Waals surface area contributed by atoms with Gasteiger partial charge in [-0.15, -0.1) is 0 Å². The second kappa shape index (κ2) is 9.59. The highest BCUT2D eigenvalue weighted by molar-refractivity contribution is 5.92. The molecular formula is C25H33N5O2. The molecule has 1 N–H and O–H groups in total. The van der Waals surface area contributed by atoms with E-state index < -0.39 is 0 Å². The summed E-state index contributed by atoms with van der Waals surface area (Å²) in [6, 6.07) is 10.2. The molecule has 0 spiro atoms. The van der Waals surface area contributed by atoms with Crippen molar-refractivity contribution < 1.29 is 9.59 Å². The second-order valence-corrected chi connectivity index (χ2v) is 8.76. The van der Waals surface area contributed by atoms with Crippen molar-refractivity contribution in [2.45, 2.75) is 46.1 Å². The van der Waals surface area contributed by atoms with E-state index in [9.17, 15) is 9.59 Å². The van der Waals surface area contributed by atoms with Gasteiger partial charge in [0, 0.05) is 62.4 Å². The van der Waals surface area contributed by atoms with E-state index in [0.29, 0.717) is 25.2 Å². The van der Waals surface area contributed by atoms with Gasteiger partial charge in [0.15, 0.2) is 0 Å². The third-order valence-electron chi connectivity index (χ3n) is 6.69. The summed E-state index contributed by atoms with van der Waals surface area (Å²) in [5.41, 5.74) is 4.25. The summed E-state index contributed by atoms with van der Waals surface area (Å²) < 4.78 is 3.98. The molecule has 0 bridgehead atoms. The molecule has 1 atom stereocenters. The number of rotatable bonds is 7. The van der Waals surface area contributed by atoms with Crippen LogP contribution in [-0.4, -0.2) is 50.7 Å². The lowest BCUT2D eigenvalue weighted by Crippen LogP contribution is -2.41. The minimum atomic E-state index is -0.0336. The fourth-order valence-corrected chi connectivity index (χ4v) is 4.81. The molecule has 4 rings (SSSR count). The first-order chi connectivity index (χ1) is 15.5. The molecule has 32 heavy (non-hydrogen) atoms. The van der Waals surface area contributed by atoms with Crippen LogP contribution < -0.4 is 5.32 Å². The first kappa shape index (κ1) is 22.1. The minimum absolute atomic E-state index is 0.0336. The third kappa shape index (κ3) is 4.56. The number of likely N-dealkylation sites (tertiary alicyclic amines) is 1. The van der Waals surface area contributed by atoms with Crippen molar-refractivity contribution in [3.05, 3.63) is 53.5 Å². The molecule has 0 radical (unpaired) electrons. The summed E-state index contributed by atoms with van der Waals surface area (Å²) in [5, 5.41) is 8.69. The molecule has 7 heteroatoms. The Morgan fingerprint density at radius 1 is 1.22 bits per heavy atom. The Labute approximate surface area is 189 Å². The van der Waals surface area contributed by atoms with Crippen LogP contribution in [0.1, 0.15) is 47.9 Å². The van der Waals surface area contributed by atoms with Crippen LogP contribution >= 0.6 is 0 Å². The number of nitrogens with zero attached hydrogens (tertiary/aromatic N) is 4. The monoisotopic (exact) mass is 435 g/mol. The topological polar surface area (TPSA) is 72.2 Å². The predicted molar refractivity (Wildman–Crippen MR) is 126 cm³/mol. The normalized spacial score (nSPS) is 16.5. The standard InChI is InChI=1S/C25H33N5O2/c1-4-30-15-12-22(27-30)25(32)29-14-7-8-19(17-29)16-24(31)26-13-11-20-18(2)28(3)23-10-6-5-9-21(20)23/h5-6,9-10,12,15,19H,4,7-8,11,13-14,16-17H2,1-3H3,(H,26,31)/t19-/m1/s1. The first-order valence-electron chi connectivity index (χ1n) is 11.6. The van der Waals surface area contributed by atoms with Crippen LogP contribution in [0.5, 0.6) is 0 Å². The molecule has 0 unspecified atom stereocenters. The molecule has 1 aliphatic heterocycles. The molecule has 1 fully saturated rings. The van der Waals surface area contributed by atoms with Crippen LogP contribution in [0.2, 0.25) is 0 Å². The van der Waals surface area contributed by atoms with Gasteiger partial charge in [-0.3, -0.25) is 14.3 Å². The number of piperidine rings is 1. The van der Waals surface area contributed by atoms with Crippen LogP contribution in [0.3, 0.4) is 0 Å². The lowest BCUT2D eigenvalue weighted by atomic mass is 9.94. The predicted octanol–water partition coefficient (Wildman–Crippen LogP) is 3.30. The SMILES string of the molecule is CCn1ccc(C(=O)N2CCC[C@H](CC(=O)NCCc3c(C)n(C)c4ccccc34)C2)n1. The fourth-order valence-electron chi connectivity index (χ4n) is 4.81. The van der Waals surface area contributed by atoms with Crippen LogP contribution in [0.4, 0.5) is 0 Å². The number of carbonyl (C=O) groups excluding carboxylic acids is 2. The maximum absolute atomic E-state index is 12.8. The van der Waals surface area contributed by atoms with Gasteiger partial charge in [0.25, 0.3) is 5.91 Å². The second-order valence-electron chi connectivity index (χ2n) is 8.76. The summed E-state index contributed by atoms with van der Waals surface area (Å²) in [4.78, 5) is 27.2. The number of nitrogens with one attached hydrogen (secondary N) is 1. The molecular weight excluding hydrogens is 402 g/mol. The van der Waals surface area contributed by atoms with Gasteiger partial charge in [-0.2, -0.15) is 5.10 Å². The highest BCUT2D eigenvalue weighted by Crippen LogP contribution is 2.25. The fraction of sp³-hybridized carbons (Fsp3) is 0.480. The molecule has 3 aromatic rings. The van der Waals surface area contributed by atoms with Crippen molar-refractivity contribution in [1.82, 2.24) is 24.6 Å². The van der Waals surface area contributed by atoms with E-state index in [4.69, 9.17) is 0 Å². The number of carbonyl (C=O) groups is 2. The Morgan fingerprint density at radius 3 is 2.81 bits per heavy atom. The molecule has 0 saturated carbocycles. The maximum atomic E-state index is 12.8. The zero-order chi connectivity index (χ0) is 22.7. The quantitative estimate of drug-likeness (QED) is 0.619. The van der Waals surface area contributed by atoms with Crippen molar-refractivity contribution >= 4 is 22.7 Å². The van der Waals surface area contributed by atoms with Gasteiger partial charge in [0.1, 0.15) is 5.69 Å². The molecule has 2 amide bonds. The molecule has 7 nitrogen and oxygen atoms in total.